The Morgan fingerprint density at radius 1 is 0.810 bits per heavy atom. The Kier molecular flexibility index (Phi) is 5.39. The van der Waals surface area contributed by atoms with E-state index in [1.165, 1.54) is 64.2 Å². The van der Waals surface area contributed by atoms with Crippen LogP contribution in [0, 0.1) is 5.41 Å². The Hall–Kier alpha value is -0.770. The Labute approximate surface area is 129 Å². The summed E-state index contributed by atoms with van der Waals surface area (Å²) in [5.41, 5.74) is 0. The molecule has 120 valence electrons. The summed E-state index contributed by atoms with van der Waals surface area (Å²) in [5, 5.41) is 8.81. The second-order valence-corrected chi connectivity index (χ2v) is 6.91. The quantitative estimate of drug-likeness (QED) is 0.627. The zero-order valence-corrected chi connectivity index (χ0v) is 13.4. The van der Waals surface area contributed by atoms with E-state index in [0.717, 1.165) is 32.3 Å². The molecule has 0 aromatic carbocycles. The highest BCUT2D eigenvalue weighted by atomic mass is 16.5. The normalized spacial score (nSPS) is 25.8. The average Bonchev–Trinajstić information content (AvgIpc) is 2.58. The fourth-order valence-corrected chi connectivity index (χ4v) is 4.30. The van der Waals surface area contributed by atoms with E-state index in [0.29, 0.717) is 12.1 Å². The van der Waals surface area contributed by atoms with E-state index in [1.807, 2.05) is 0 Å². The Balaban J connectivity index is 1.71. The third-order valence-electron chi connectivity index (χ3n) is 5.49. The Bertz CT molecular complexity index is 311. The van der Waals surface area contributed by atoms with Crippen LogP contribution in [-0.2, 0) is 4.74 Å². The van der Waals surface area contributed by atoms with Crippen LogP contribution >= 0.6 is 0 Å². The number of ether oxygens (including phenoxy) is 1. The number of nitrogens with one attached hydrogen (secondary N) is 1. The third kappa shape index (κ3) is 3.71. The molecule has 1 aliphatic heterocycles. The molecule has 0 radical (unpaired) electrons. The standard InChI is InChI=1S/C17H31N3O/c18-17(19-11-13-21-14-12-19)20(15-7-3-1-4-8-15)16-9-5-2-6-10-16/h15-16,18H,1-14H2. The van der Waals surface area contributed by atoms with Gasteiger partial charge >= 0.3 is 0 Å². The van der Waals surface area contributed by atoms with Gasteiger partial charge in [-0.05, 0) is 25.7 Å². The summed E-state index contributed by atoms with van der Waals surface area (Å²) in [5.74, 6) is 0.803. The van der Waals surface area contributed by atoms with E-state index in [1.54, 1.807) is 0 Å². The first-order valence-electron chi connectivity index (χ1n) is 9.06. The van der Waals surface area contributed by atoms with Crippen molar-refractivity contribution in [3.05, 3.63) is 0 Å². The summed E-state index contributed by atoms with van der Waals surface area (Å²) in [7, 11) is 0. The van der Waals surface area contributed by atoms with Crippen molar-refractivity contribution in [2.24, 2.45) is 0 Å². The Morgan fingerprint density at radius 2 is 1.29 bits per heavy atom. The SMILES string of the molecule is N=C(N1CCOCC1)N(C1CCCCC1)C1CCCCC1. The smallest absolute Gasteiger partial charge is 0.194 e. The molecule has 2 saturated carbocycles. The lowest BCUT2D eigenvalue weighted by Gasteiger charge is -2.46. The number of hydrogen-bond donors (Lipinski definition) is 1. The predicted molar refractivity (Wildman–Crippen MR) is 85.7 cm³/mol. The lowest BCUT2D eigenvalue weighted by atomic mass is 9.89. The summed E-state index contributed by atoms with van der Waals surface area (Å²) < 4.78 is 5.46. The summed E-state index contributed by atoms with van der Waals surface area (Å²) in [6, 6.07) is 1.24. The van der Waals surface area contributed by atoms with Crippen LogP contribution in [0.4, 0.5) is 0 Å². The van der Waals surface area contributed by atoms with Gasteiger partial charge in [0.15, 0.2) is 5.96 Å². The first-order valence-corrected chi connectivity index (χ1v) is 9.06. The van der Waals surface area contributed by atoms with Gasteiger partial charge in [-0.15, -0.1) is 0 Å². The second kappa shape index (κ2) is 7.48. The van der Waals surface area contributed by atoms with Crippen LogP contribution in [0.25, 0.3) is 0 Å². The number of hydrogen-bond acceptors (Lipinski definition) is 2. The van der Waals surface area contributed by atoms with Gasteiger partial charge in [0.05, 0.1) is 13.2 Å². The summed E-state index contributed by atoms with van der Waals surface area (Å²) in [4.78, 5) is 4.79. The van der Waals surface area contributed by atoms with Gasteiger partial charge in [-0.2, -0.15) is 0 Å². The fourth-order valence-electron chi connectivity index (χ4n) is 4.30. The molecule has 2 aliphatic carbocycles. The maximum absolute atomic E-state index is 8.81. The summed E-state index contributed by atoms with van der Waals surface area (Å²) in [6.45, 7) is 3.36. The molecule has 21 heavy (non-hydrogen) atoms. The lowest BCUT2D eigenvalue weighted by molar-refractivity contribution is 0.0519. The highest BCUT2D eigenvalue weighted by molar-refractivity contribution is 5.77. The molecule has 0 aromatic rings. The van der Waals surface area contributed by atoms with Crippen LogP contribution in [-0.4, -0.2) is 54.1 Å². The van der Waals surface area contributed by atoms with E-state index >= 15 is 0 Å². The monoisotopic (exact) mass is 293 g/mol. The van der Waals surface area contributed by atoms with Crippen molar-refractivity contribution in [2.45, 2.75) is 76.3 Å². The Morgan fingerprint density at radius 3 is 1.76 bits per heavy atom. The summed E-state index contributed by atoms with van der Waals surface area (Å²) in [6.07, 6.45) is 13.4. The minimum Gasteiger partial charge on any atom is -0.378 e. The predicted octanol–water partition coefficient (Wildman–Crippen LogP) is 3.22. The molecule has 0 amide bonds. The molecule has 0 spiro atoms. The van der Waals surface area contributed by atoms with Crippen molar-refractivity contribution in [3.8, 4) is 0 Å². The van der Waals surface area contributed by atoms with Crippen molar-refractivity contribution >= 4 is 5.96 Å². The van der Waals surface area contributed by atoms with Gasteiger partial charge in [-0.3, -0.25) is 5.41 Å². The van der Waals surface area contributed by atoms with Crippen molar-refractivity contribution in [1.82, 2.24) is 9.80 Å². The third-order valence-corrected chi connectivity index (χ3v) is 5.49. The number of guanidine groups is 1. The molecule has 1 N–H and O–H groups in total. The van der Waals surface area contributed by atoms with Crippen molar-refractivity contribution < 1.29 is 4.74 Å². The van der Waals surface area contributed by atoms with Gasteiger partial charge in [-0.25, -0.2) is 0 Å². The first kappa shape index (κ1) is 15.1. The van der Waals surface area contributed by atoms with Gasteiger partial charge in [-0.1, -0.05) is 38.5 Å². The summed E-state index contributed by atoms with van der Waals surface area (Å²) >= 11 is 0. The first-order chi connectivity index (χ1) is 10.4. The number of morpholine rings is 1. The van der Waals surface area contributed by atoms with Gasteiger partial charge in [0.25, 0.3) is 0 Å². The molecule has 0 unspecified atom stereocenters. The van der Waals surface area contributed by atoms with Gasteiger partial charge in [0, 0.05) is 25.2 Å². The number of nitrogens with zero attached hydrogens (tertiary/aromatic N) is 2. The van der Waals surface area contributed by atoms with Gasteiger partial charge in [0.1, 0.15) is 0 Å². The molecule has 3 rings (SSSR count). The van der Waals surface area contributed by atoms with Crippen LogP contribution in [0.5, 0.6) is 0 Å². The van der Waals surface area contributed by atoms with E-state index in [-0.39, 0.29) is 0 Å². The molecule has 3 aliphatic rings. The molecule has 1 heterocycles. The minimum atomic E-state index is 0.622. The van der Waals surface area contributed by atoms with E-state index < -0.39 is 0 Å². The zero-order chi connectivity index (χ0) is 14.5. The van der Waals surface area contributed by atoms with Crippen molar-refractivity contribution in [2.75, 3.05) is 26.3 Å². The van der Waals surface area contributed by atoms with Crippen LogP contribution < -0.4 is 0 Å². The topological polar surface area (TPSA) is 39.6 Å². The molecule has 4 heteroatoms. The maximum atomic E-state index is 8.81. The van der Waals surface area contributed by atoms with Crippen LogP contribution in [0.1, 0.15) is 64.2 Å². The lowest BCUT2D eigenvalue weighted by Crippen LogP contribution is -2.56. The van der Waals surface area contributed by atoms with Crippen molar-refractivity contribution in [3.63, 3.8) is 0 Å². The molecular formula is C17H31N3O. The average molecular weight is 293 g/mol. The van der Waals surface area contributed by atoms with Crippen molar-refractivity contribution in [1.29, 1.82) is 5.41 Å². The fraction of sp³-hybridized carbons (Fsp3) is 0.941. The van der Waals surface area contributed by atoms with E-state index in [4.69, 9.17) is 10.1 Å². The molecule has 3 fully saturated rings. The van der Waals surface area contributed by atoms with Crippen LogP contribution in [0.2, 0.25) is 0 Å². The molecular weight excluding hydrogens is 262 g/mol. The van der Waals surface area contributed by atoms with E-state index in [9.17, 15) is 0 Å². The van der Waals surface area contributed by atoms with Crippen LogP contribution in [0.3, 0.4) is 0 Å². The molecule has 4 nitrogen and oxygen atoms in total. The highest BCUT2D eigenvalue weighted by Gasteiger charge is 2.33. The number of rotatable bonds is 2. The zero-order valence-electron chi connectivity index (χ0n) is 13.4. The molecule has 0 bridgehead atoms. The largest absolute Gasteiger partial charge is 0.378 e. The molecule has 1 saturated heterocycles. The van der Waals surface area contributed by atoms with Gasteiger partial charge < -0.3 is 14.5 Å². The molecule has 0 aromatic heterocycles. The second-order valence-electron chi connectivity index (χ2n) is 6.91. The van der Waals surface area contributed by atoms with Gasteiger partial charge in [0.2, 0.25) is 0 Å². The van der Waals surface area contributed by atoms with E-state index in [2.05, 4.69) is 9.80 Å². The molecule has 0 atom stereocenters. The van der Waals surface area contributed by atoms with Crippen LogP contribution in [0.15, 0.2) is 0 Å². The highest BCUT2D eigenvalue weighted by Crippen LogP contribution is 2.31. The minimum absolute atomic E-state index is 0.622. The maximum Gasteiger partial charge on any atom is 0.194 e.